The van der Waals surface area contributed by atoms with Gasteiger partial charge in [-0.15, -0.1) is 0 Å². The fourth-order valence-corrected chi connectivity index (χ4v) is 2.94. The summed E-state index contributed by atoms with van der Waals surface area (Å²) in [5, 5.41) is 2.99. The number of rotatable bonds is 4. The van der Waals surface area contributed by atoms with Crippen LogP contribution < -0.4 is 5.32 Å². The van der Waals surface area contributed by atoms with Crippen LogP contribution >= 0.6 is 0 Å². The summed E-state index contributed by atoms with van der Waals surface area (Å²) in [6, 6.07) is 4.86. The number of aliphatic imine (C=N–C) groups is 1. The van der Waals surface area contributed by atoms with Crippen LogP contribution in [0.2, 0.25) is 0 Å². The van der Waals surface area contributed by atoms with Crippen molar-refractivity contribution in [3.8, 4) is 0 Å². The van der Waals surface area contributed by atoms with Gasteiger partial charge in [-0.25, -0.2) is 12.8 Å². The summed E-state index contributed by atoms with van der Waals surface area (Å²) in [5.74, 6) is 0.221. The van der Waals surface area contributed by atoms with E-state index in [1.165, 1.54) is 12.1 Å². The zero-order valence-corrected chi connectivity index (χ0v) is 11.5. The molecule has 0 atom stereocenters. The summed E-state index contributed by atoms with van der Waals surface area (Å²) in [5.41, 5.74) is 0. The molecule has 0 radical (unpaired) electrons. The Hall–Kier alpha value is -1.63. The Morgan fingerprint density at radius 1 is 1.37 bits per heavy atom. The van der Waals surface area contributed by atoms with Gasteiger partial charge in [0.25, 0.3) is 0 Å². The lowest BCUT2D eigenvalue weighted by Gasteiger charge is -2.15. The Bertz CT molecular complexity index is 569. The third-order valence-electron chi connectivity index (χ3n) is 2.89. The van der Waals surface area contributed by atoms with Crippen LogP contribution in [0, 0.1) is 5.82 Å². The molecule has 1 aliphatic rings. The van der Waals surface area contributed by atoms with Crippen LogP contribution in [0.1, 0.15) is 0 Å². The molecule has 0 spiro atoms. The van der Waals surface area contributed by atoms with E-state index in [2.05, 4.69) is 10.3 Å². The monoisotopic (exact) mass is 285 g/mol. The molecule has 0 aliphatic carbocycles. The first-order valence-corrected chi connectivity index (χ1v) is 7.62. The van der Waals surface area contributed by atoms with Gasteiger partial charge < -0.3 is 10.2 Å². The van der Waals surface area contributed by atoms with Crippen molar-refractivity contribution in [3.63, 3.8) is 0 Å². The van der Waals surface area contributed by atoms with Crippen LogP contribution in [0.3, 0.4) is 0 Å². The molecule has 0 aromatic heterocycles. The van der Waals surface area contributed by atoms with Gasteiger partial charge >= 0.3 is 0 Å². The summed E-state index contributed by atoms with van der Waals surface area (Å²) in [6.07, 6.45) is 0. The topological polar surface area (TPSA) is 61.8 Å². The second-order valence-corrected chi connectivity index (χ2v) is 6.44. The van der Waals surface area contributed by atoms with E-state index in [1.54, 1.807) is 0 Å². The predicted octanol–water partition coefficient (Wildman–Crippen LogP) is 0.490. The average molecular weight is 285 g/mol. The maximum Gasteiger partial charge on any atom is 0.193 e. The van der Waals surface area contributed by atoms with Gasteiger partial charge in [-0.1, -0.05) is 0 Å². The second kappa shape index (κ2) is 5.56. The van der Waals surface area contributed by atoms with Gasteiger partial charge in [-0.3, -0.25) is 4.99 Å². The number of sulfone groups is 1. The first-order valence-electron chi connectivity index (χ1n) is 5.97. The quantitative estimate of drug-likeness (QED) is 0.818. The largest absolute Gasteiger partial charge is 0.355 e. The molecule has 1 N–H and O–H groups in total. The number of hydrogen-bond acceptors (Lipinski definition) is 5. The highest BCUT2D eigenvalue weighted by Crippen LogP contribution is 2.11. The molecule has 0 saturated heterocycles. The molecule has 1 aromatic carbocycles. The minimum Gasteiger partial charge on any atom is -0.355 e. The van der Waals surface area contributed by atoms with Crippen LogP contribution in [0.4, 0.5) is 4.39 Å². The van der Waals surface area contributed by atoms with E-state index in [1.807, 2.05) is 11.9 Å². The van der Waals surface area contributed by atoms with Crippen molar-refractivity contribution in [2.24, 2.45) is 4.99 Å². The van der Waals surface area contributed by atoms with Crippen LogP contribution in [0.25, 0.3) is 0 Å². The van der Waals surface area contributed by atoms with E-state index in [0.717, 1.165) is 25.2 Å². The minimum atomic E-state index is -3.39. The lowest BCUT2D eigenvalue weighted by molar-refractivity contribution is 0.535. The maximum absolute atomic E-state index is 12.7. The van der Waals surface area contributed by atoms with Gasteiger partial charge in [0.05, 0.1) is 17.2 Å². The lowest BCUT2D eigenvalue weighted by atomic mass is 10.4. The molecular formula is C12H16FN3O2S. The smallest absolute Gasteiger partial charge is 0.193 e. The Morgan fingerprint density at radius 3 is 2.63 bits per heavy atom. The van der Waals surface area contributed by atoms with Crippen molar-refractivity contribution in [2.45, 2.75) is 4.90 Å². The molecule has 1 heterocycles. The number of nitrogens with one attached hydrogen (secondary N) is 1. The van der Waals surface area contributed by atoms with E-state index in [9.17, 15) is 12.8 Å². The molecule has 0 saturated carbocycles. The van der Waals surface area contributed by atoms with E-state index in [0.29, 0.717) is 5.96 Å². The molecule has 5 nitrogen and oxygen atoms in total. The van der Waals surface area contributed by atoms with Gasteiger partial charge in [-0.2, -0.15) is 0 Å². The molecule has 2 rings (SSSR count). The molecule has 0 unspecified atom stereocenters. The third-order valence-corrected chi connectivity index (χ3v) is 4.62. The Morgan fingerprint density at radius 2 is 2.05 bits per heavy atom. The summed E-state index contributed by atoms with van der Waals surface area (Å²) >= 11 is 0. The molecule has 1 aromatic rings. The Kier molecular flexibility index (Phi) is 4.04. The SMILES string of the molecule is CN1CCN=C1NCCS(=O)(=O)c1ccc(F)cc1. The molecule has 0 bridgehead atoms. The van der Waals surface area contributed by atoms with Gasteiger partial charge in [0.15, 0.2) is 15.8 Å². The van der Waals surface area contributed by atoms with Crippen LogP contribution in [0.15, 0.2) is 34.2 Å². The van der Waals surface area contributed by atoms with E-state index in [-0.39, 0.29) is 17.2 Å². The number of guanidine groups is 1. The number of hydrogen-bond donors (Lipinski definition) is 1. The molecule has 19 heavy (non-hydrogen) atoms. The van der Waals surface area contributed by atoms with Crippen molar-refractivity contribution in [3.05, 3.63) is 30.1 Å². The summed E-state index contributed by atoms with van der Waals surface area (Å²) in [7, 11) is -1.49. The molecule has 104 valence electrons. The molecule has 1 aliphatic heterocycles. The fraction of sp³-hybridized carbons (Fsp3) is 0.417. The molecular weight excluding hydrogens is 269 g/mol. The summed E-state index contributed by atoms with van der Waals surface area (Å²) in [4.78, 5) is 6.28. The van der Waals surface area contributed by atoms with E-state index < -0.39 is 15.7 Å². The average Bonchev–Trinajstić information content (AvgIpc) is 2.75. The van der Waals surface area contributed by atoms with Gasteiger partial charge in [0, 0.05) is 20.1 Å². The highest BCUT2D eigenvalue weighted by atomic mass is 32.2. The number of benzene rings is 1. The van der Waals surface area contributed by atoms with E-state index >= 15 is 0 Å². The zero-order valence-electron chi connectivity index (χ0n) is 10.6. The van der Waals surface area contributed by atoms with E-state index in [4.69, 9.17) is 0 Å². The first kappa shape index (κ1) is 13.8. The van der Waals surface area contributed by atoms with Crippen molar-refractivity contribution in [1.82, 2.24) is 10.2 Å². The number of nitrogens with zero attached hydrogens (tertiary/aromatic N) is 2. The zero-order chi connectivity index (χ0) is 13.9. The van der Waals surface area contributed by atoms with Crippen LogP contribution in [-0.4, -0.2) is 51.7 Å². The Labute approximate surface area is 112 Å². The number of likely N-dealkylation sites (N-methyl/N-ethyl adjacent to an activating group) is 1. The lowest BCUT2D eigenvalue weighted by Crippen LogP contribution is -2.38. The highest BCUT2D eigenvalue weighted by molar-refractivity contribution is 7.91. The van der Waals surface area contributed by atoms with Crippen molar-refractivity contribution >= 4 is 15.8 Å². The Balaban J connectivity index is 1.93. The first-order chi connectivity index (χ1) is 8.99. The van der Waals surface area contributed by atoms with Crippen molar-refractivity contribution < 1.29 is 12.8 Å². The van der Waals surface area contributed by atoms with Crippen molar-refractivity contribution in [1.29, 1.82) is 0 Å². The normalized spacial score (nSPS) is 15.5. The summed E-state index contributed by atoms with van der Waals surface area (Å²) < 4.78 is 36.7. The van der Waals surface area contributed by atoms with Gasteiger partial charge in [0.2, 0.25) is 0 Å². The van der Waals surface area contributed by atoms with Crippen LogP contribution in [-0.2, 0) is 9.84 Å². The second-order valence-electron chi connectivity index (χ2n) is 4.33. The molecule has 0 fully saturated rings. The molecule has 7 heteroatoms. The number of halogens is 1. The van der Waals surface area contributed by atoms with Crippen molar-refractivity contribution in [2.75, 3.05) is 32.4 Å². The highest BCUT2D eigenvalue weighted by Gasteiger charge is 2.16. The standard InChI is InChI=1S/C12H16FN3O2S/c1-16-8-6-14-12(16)15-7-9-19(17,18)11-4-2-10(13)3-5-11/h2-5H,6-9H2,1H3,(H,14,15). The van der Waals surface area contributed by atoms with Gasteiger partial charge in [0.1, 0.15) is 5.82 Å². The third kappa shape index (κ3) is 3.44. The van der Waals surface area contributed by atoms with Gasteiger partial charge in [-0.05, 0) is 24.3 Å². The fourth-order valence-electron chi connectivity index (χ4n) is 1.78. The predicted molar refractivity (Wildman–Crippen MR) is 71.4 cm³/mol. The summed E-state index contributed by atoms with van der Waals surface area (Å²) in [6.45, 7) is 1.85. The minimum absolute atomic E-state index is 0.0501. The molecule has 0 amide bonds. The maximum atomic E-state index is 12.7. The van der Waals surface area contributed by atoms with Crippen LogP contribution in [0.5, 0.6) is 0 Å².